The van der Waals surface area contributed by atoms with E-state index in [1.165, 1.54) is 5.56 Å². The van der Waals surface area contributed by atoms with Crippen molar-refractivity contribution in [3.63, 3.8) is 0 Å². The van der Waals surface area contributed by atoms with Crippen molar-refractivity contribution in [3.8, 4) is 0 Å². The van der Waals surface area contributed by atoms with Crippen molar-refractivity contribution < 1.29 is 9.59 Å². The van der Waals surface area contributed by atoms with Crippen LogP contribution in [0.4, 0.5) is 0 Å². The predicted octanol–water partition coefficient (Wildman–Crippen LogP) is 1.72. The lowest BCUT2D eigenvalue weighted by Gasteiger charge is -2.23. The Morgan fingerprint density at radius 3 is 1.91 bits per heavy atom. The zero-order valence-corrected chi connectivity index (χ0v) is 14.1. The second-order valence-corrected chi connectivity index (χ2v) is 6.56. The molecule has 0 saturated carbocycles. The number of benzene rings is 1. The highest BCUT2D eigenvalue weighted by molar-refractivity contribution is 5.86. The summed E-state index contributed by atoms with van der Waals surface area (Å²) >= 11 is 0. The quantitative estimate of drug-likeness (QED) is 0.610. The Bertz CT molecular complexity index is 512. The SMILES string of the molecule is CC(C)C[C@@H](C(N)=O)C(CCCc1ccc(CN)cc1)C(N)=O. The van der Waals surface area contributed by atoms with E-state index in [9.17, 15) is 9.59 Å². The molecular formula is C18H29N3O2. The van der Waals surface area contributed by atoms with Gasteiger partial charge in [-0.2, -0.15) is 0 Å². The van der Waals surface area contributed by atoms with Crippen molar-refractivity contribution >= 4 is 11.8 Å². The molecule has 0 aromatic heterocycles. The van der Waals surface area contributed by atoms with E-state index in [1.54, 1.807) is 0 Å². The molecule has 23 heavy (non-hydrogen) atoms. The smallest absolute Gasteiger partial charge is 0.221 e. The van der Waals surface area contributed by atoms with Crippen LogP contribution in [0.2, 0.25) is 0 Å². The van der Waals surface area contributed by atoms with Crippen molar-refractivity contribution in [2.75, 3.05) is 0 Å². The fraction of sp³-hybridized carbons (Fsp3) is 0.556. The van der Waals surface area contributed by atoms with Crippen LogP contribution in [0.25, 0.3) is 0 Å². The molecule has 6 N–H and O–H groups in total. The number of rotatable bonds is 10. The molecule has 0 heterocycles. The van der Waals surface area contributed by atoms with Crippen LogP contribution in [0, 0.1) is 17.8 Å². The molecule has 128 valence electrons. The lowest BCUT2D eigenvalue weighted by atomic mass is 9.81. The zero-order chi connectivity index (χ0) is 17.4. The first kappa shape index (κ1) is 19.2. The fourth-order valence-electron chi connectivity index (χ4n) is 2.90. The average Bonchev–Trinajstić information content (AvgIpc) is 2.49. The molecule has 5 nitrogen and oxygen atoms in total. The summed E-state index contributed by atoms with van der Waals surface area (Å²) in [5, 5.41) is 0. The summed E-state index contributed by atoms with van der Waals surface area (Å²) in [7, 11) is 0. The lowest BCUT2D eigenvalue weighted by Crippen LogP contribution is -2.38. The third-order valence-corrected chi connectivity index (χ3v) is 4.18. The number of amides is 2. The number of nitrogens with two attached hydrogens (primary N) is 3. The number of hydrogen-bond acceptors (Lipinski definition) is 3. The number of carbonyl (C=O) groups is 2. The predicted molar refractivity (Wildman–Crippen MR) is 92.1 cm³/mol. The number of carbonyl (C=O) groups excluding carboxylic acids is 2. The van der Waals surface area contributed by atoms with Gasteiger partial charge in [0.15, 0.2) is 0 Å². The molecule has 0 aliphatic rings. The van der Waals surface area contributed by atoms with Gasteiger partial charge in [0, 0.05) is 18.4 Å². The molecule has 2 atom stereocenters. The molecule has 2 amide bonds. The molecule has 0 radical (unpaired) electrons. The molecule has 0 aliphatic heterocycles. The third kappa shape index (κ3) is 6.40. The number of aryl methyl sites for hydroxylation is 1. The largest absolute Gasteiger partial charge is 0.369 e. The van der Waals surface area contributed by atoms with Crippen molar-refractivity contribution in [2.45, 2.75) is 46.1 Å². The second kappa shape index (κ2) is 9.30. The summed E-state index contributed by atoms with van der Waals surface area (Å²) in [5.74, 6) is -1.55. The monoisotopic (exact) mass is 319 g/mol. The standard InChI is InChI=1S/C18H29N3O2/c1-12(2)10-16(18(21)23)15(17(20)22)5-3-4-13-6-8-14(11-19)9-7-13/h6-9,12,15-16H,3-5,10-11,19H2,1-2H3,(H2,20,22)(H2,21,23)/t15?,16-/m1/s1. The Morgan fingerprint density at radius 2 is 1.48 bits per heavy atom. The van der Waals surface area contributed by atoms with Crippen molar-refractivity contribution in [1.82, 2.24) is 0 Å². The normalized spacial score (nSPS) is 13.7. The molecule has 1 aromatic carbocycles. The summed E-state index contributed by atoms with van der Waals surface area (Å²) in [4.78, 5) is 23.4. The van der Waals surface area contributed by atoms with Gasteiger partial charge >= 0.3 is 0 Å². The molecular weight excluding hydrogens is 290 g/mol. The van der Waals surface area contributed by atoms with Gasteiger partial charge in [-0.1, -0.05) is 38.1 Å². The van der Waals surface area contributed by atoms with Crippen LogP contribution in [-0.4, -0.2) is 11.8 Å². The van der Waals surface area contributed by atoms with Gasteiger partial charge in [0.25, 0.3) is 0 Å². The fourth-order valence-corrected chi connectivity index (χ4v) is 2.90. The van der Waals surface area contributed by atoms with E-state index in [2.05, 4.69) is 0 Å². The maximum atomic E-state index is 11.8. The van der Waals surface area contributed by atoms with Gasteiger partial charge in [-0.25, -0.2) is 0 Å². The molecule has 0 aliphatic carbocycles. The van der Waals surface area contributed by atoms with Crippen molar-refractivity contribution in [1.29, 1.82) is 0 Å². The Hall–Kier alpha value is -1.88. The maximum Gasteiger partial charge on any atom is 0.221 e. The topological polar surface area (TPSA) is 112 Å². The van der Waals surface area contributed by atoms with Gasteiger partial charge in [0.1, 0.15) is 0 Å². The first-order chi connectivity index (χ1) is 10.8. The summed E-state index contributed by atoms with van der Waals surface area (Å²) < 4.78 is 0. The minimum atomic E-state index is -0.488. The second-order valence-electron chi connectivity index (χ2n) is 6.56. The van der Waals surface area contributed by atoms with Crippen LogP contribution in [-0.2, 0) is 22.6 Å². The summed E-state index contributed by atoms with van der Waals surface area (Å²) in [6, 6.07) is 8.10. The van der Waals surface area contributed by atoms with E-state index < -0.39 is 23.7 Å². The molecule has 1 aromatic rings. The molecule has 0 bridgehead atoms. The Balaban J connectivity index is 2.64. The highest BCUT2D eigenvalue weighted by Gasteiger charge is 2.30. The van der Waals surface area contributed by atoms with E-state index >= 15 is 0 Å². The highest BCUT2D eigenvalue weighted by atomic mass is 16.2. The Kier molecular flexibility index (Phi) is 7.75. The van der Waals surface area contributed by atoms with Gasteiger partial charge in [-0.05, 0) is 42.7 Å². The van der Waals surface area contributed by atoms with E-state index in [-0.39, 0.29) is 5.92 Å². The van der Waals surface area contributed by atoms with Crippen LogP contribution in [0.5, 0.6) is 0 Å². The van der Waals surface area contributed by atoms with Crippen molar-refractivity contribution in [3.05, 3.63) is 35.4 Å². The van der Waals surface area contributed by atoms with Gasteiger partial charge < -0.3 is 17.2 Å². The van der Waals surface area contributed by atoms with Gasteiger partial charge in [-0.15, -0.1) is 0 Å². The maximum absolute atomic E-state index is 11.8. The van der Waals surface area contributed by atoms with Crippen LogP contribution in [0.3, 0.4) is 0 Å². The summed E-state index contributed by atoms with van der Waals surface area (Å²) in [5.41, 5.74) is 18.8. The molecule has 1 rings (SSSR count). The lowest BCUT2D eigenvalue weighted by molar-refractivity contribution is -0.132. The summed E-state index contributed by atoms with van der Waals surface area (Å²) in [6.45, 7) is 4.54. The van der Waals surface area contributed by atoms with E-state index in [4.69, 9.17) is 17.2 Å². The van der Waals surface area contributed by atoms with E-state index in [1.807, 2.05) is 38.1 Å². The van der Waals surface area contributed by atoms with Gasteiger partial charge in [0.05, 0.1) is 0 Å². The minimum Gasteiger partial charge on any atom is -0.369 e. The zero-order valence-electron chi connectivity index (χ0n) is 14.1. The first-order valence-corrected chi connectivity index (χ1v) is 8.21. The first-order valence-electron chi connectivity index (χ1n) is 8.21. The highest BCUT2D eigenvalue weighted by Crippen LogP contribution is 2.25. The Labute approximate surface area is 138 Å². The average molecular weight is 319 g/mol. The number of hydrogen-bond donors (Lipinski definition) is 3. The van der Waals surface area contributed by atoms with Crippen LogP contribution >= 0.6 is 0 Å². The van der Waals surface area contributed by atoms with Crippen molar-refractivity contribution in [2.24, 2.45) is 35.0 Å². The van der Waals surface area contributed by atoms with E-state index in [0.29, 0.717) is 19.4 Å². The third-order valence-electron chi connectivity index (χ3n) is 4.18. The number of primary amides is 2. The summed E-state index contributed by atoms with van der Waals surface area (Å²) in [6.07, 6.45) is 2.79. The van der Waals surface area contributed by atoms with Crippen LogP contribution < -0.4 is 17.2 Å². The molecule has 1 unspecified atom stereocenters. The minimum absolute atomic E-state index is 0.290. The van der Waals surface area contributed by atoms with Crippen LogP contribution in [0.15, 0.2) is 24.3 Å². The molecule has 0 saturated heterocycles. The molecule has 0 spiro atoms. The van der Waals surface area contributed by atoms with Gasteiger partial charge in [-0.3, -0.25) is 9.59 Å². The van der Waals surface area contributed by atoms with Crippen LogP contribution in [0.1, 0.15) is 44.2 Å². The van der Waals surface area contributed by atoms with E-state index in [0.717, 1.165) is 18.4 Å². The Morgan fingerprint density at radius 1 is 0.957 bits per heavy atom. The van der Waals surface area contributed by atoms with Gasteiger partial charge in [0.2, 0.25) is 11.8 Å². The molecule has 5 heteroatoms. The molecule has 0 fully saturated rings.